The zero-order valence-corrected chi connectivity index (χ0v) is 12.5. The van der Waals surface area contributed by atoms with Crippen LogP contribution in [0.2, 0.25) is 5.28 Å². The number of nitrogens with zero attached hydrogens (tertiary/aromatic N) is 3. The van der Waals surface area contributed by atoms with Crippen LogP contribution >= 0.6 is 11.6 Å². The molecule has 0 amide bonds. The Labute approximate surface area is 118 Å². The van der Waals surface area contributed by atoms with Gasteiger partial charge in [-0.2, -0.15) is 4.31 Å². The van der Waals surface area contributed by atoms with Crippen LogP contribution in [0.4, 0.5) is 0 Å². The molecule has 0 bridgehead atoms. The van der Waals surface area contributed by atoms with Crippen LogP contribution < -0.4 is 0 Å². The van der Waals surface area contributed by atoms with Crippen molar-refractivity contribution in [3.8, 4) is 0 Å². The largest absolute Gasteiger partial charge is 0.396 e. The van der Waals surface area contributed by atoms with Gasteiger partial charge in [0.25, 0.3) is 10.0 Å². The minimum Gasteiger partial charge on any atom is -0.396 e. The van der Waals surface area contributed by atoms with E-state index in [0.29, 0.717) is 6.54 Å². The molecule has 1 aromatic heterocycles. The molecule has 2 atom stereocenters. The number of imidazole rings is 1. The van der Waals surface area contributed by atoms with Crippen molar-refractivity contribution in [3.05, 3.63) is 11.5 Å². The summed E-state index contributed by atoms with van der Waals surface area (Å²) in [7, 11) is -2.01. The molecule has 6 nitrogen and oxygen atoms in total. The van der Waals surface area contributed by atoms with E-state index < -0.39 is 10.0 Å². The van der Waals surface area contributed by atoms with Crippen molar-refractivity contribution in [2.45, 2.75) is 30.8 Å². The molecule has 0 spiro atoms. The van der Waals surface area contributed by atoms with Gasteiger partial charge in [0.2, 0.25) is 5.28 Å². The molecule has 2 rings (SSSR count). The number of hydrogen-bond donors (Lipinski definition) is 1. The molecule has 1 aromatic rings. The Morgan fingerprint density at radius 1 is 1.53 bits per heavy atom. The summed E-state index contributed by atoms with van der Waals surface area (Å²) >= 11 is 5.80. The van der Waals surface area contributed by atoms with Crippen LogP contribution in [0.5, 0.6) is 0 Å². The van der Waals surface area contributed by atoms with Gasteiger partial charge in [0.05, 0.1) is 0 Å². The van der Waals surface area contributed by atoms with Crippen LogP contribution in [-0.4, -0.2) is 46.6 Å². The number of aryl methyl sites for hydroxylation is 1. The van der Waals surface area contributed by atoms with Crippen molar-refractivity contribution < 1.29 is 13.5 Å². The van der Waals surface area contributed by atoms with E-state index in [9.17, 15) is 13.5 Å². The average Bonchev–Trinajstić information content (AvgIpc) is 2.71. The van der Waals surface area contributed by atoms with Crippen LogP contribution in [0.15, 0.2) is 11.2 Å². The van der Waals surface area contributed by atoms with Gasteiger partial charge in [-0.25, -0.2) is 13.4 Å². The highest BCUT2D eigenvalue weighted by Crippen LogP contribution is 2.27. The molecule has 1 fully saturated rings. The highest BCUT2D eigenvalue weighted by atomic mass is 35.5. The van der Waals surface area contributed by atoms with Crippen molar-refractivity contribution >= 4 is 21.6 Å². The van der Waals surface area contributed by atoms with Gasteiger partial charge >= 0.3 is 0 Å². The fourth-order valence-electron chi connectivity index (χ4n) is 2.29. The van der Waals surface area contributed by atoms with Gasteiger partial charge in [-0.05, 0) is 37.3 Å². The van der Waals surface area contributed by atoms with Crippen LogP contribution in [0.25, 0.3) is 0 Å². The Morgan fingerprint density at radius 3 is 2.74 bits per heavy atom. The van der Waals surface area contributed by atoms with Gasteiger partial charge in [0.15, 0.2) is 5.03 Å². The number of aliphatic hydroxyl groups excluding tert-OH is 1. The summed E-state index contributed by atoms with van der Waals surface area (Å²) in [5.74, 6) is -0.00911. The molecular weight excluding hydrogens is 290 g/mol. The molecule has 0 aromatic carbocycles. The Hall–Kier alpha value is -0.630. The molecule has 1 saturated heterocycles. The fourth-order valence-corrected chi connectivity index (χ4v) is 4.20. The molecule has 19 heavy (non-hydrogen) atoms. The minimum absolute atomic E-state index is 0.00170. The first kappa shape index (κ1) is 14.8. The summed E-state index contributed by atoms with van der Waals surface area (Å²) in [6.07, 6.45) is 2.99. The van der Waals surface area contributed by atoms with E-state index >= 15 is 0 Å². The summed E-state index contributed by atoms with van der Waals surface area (Å²) in [6.45, 7) is 2.20. The van der Waals surface area contributed by atoms with Gasteiger partial charge in [-0.1, -0.05) is 0 Å². The number of piperidine rings is 1. The van der Waals surface area contributed by atoms with Gasteiger partial charge in [0.1, 0.15) is 0 Å². The minimum atomic E-state index is -3.65. The molecule has 1 aliphatic heterocycles. The lowest BCUT2D eigenvalue weighted by atomic mass is 9.96. The molecule has 0 radical (unpaired) electrons. The second-order valence-corrected chi connectivity index (χ2v) is 7.18. The van der Waals surface area contributed by atoms with Gasteiger partial charge in [0, 0.05) is 32.4 Å². The van der Waals surface area contributed by atoms with Crippen LogP contribution in [0.1, 0.15) is 19.8 Å². The predicted molar refractivity (Wildman–Crippen MR) is 71.4 cm³/mol. The van der Waals surface area contributed by atoms with Gasteiger partial charge in [-0.15, -0.1) is 0 Å². The second kappa shape index (κ2) is 5.40. The van der Waals surface area contributed by atoms with Crippen LogP contribution in [-0.2, 0) is 17.1 Å². The molecule has 108 valence electrons. The predicted octanol–water partition coefficient (Wildman–Crippen LogP) is 0.855. The van der Waals surface area contributed by atoms with Crippen LogP contribution in [0.3, 0.4) is 0 Å². The average molecular weight is 308 g/mol. The molecule has 0 saturated carbocycles. The third kappa shape index (κ3) is 2.79. The van der Waals surface area contributed by atoms with Crippen molar-refractivity contribution in [1.82, 2.24) is 13.9 Å². The molecular formula is C11H18ClN3O3S. The number of rotatable bonds is 3. The van der Waals surface area contributed by atoms with E-state index in [1.807, 2.05) is 6.92 Å². The smallest absolute Gasteiger partial charge is 0.262 e. The number of halogens is 1. The summed E-state index contributed by atoms with van der Waals surface area (Å²) < 4.78 is 27.9. The molecule has 2 heterocycles. The SMILES string of the molecule is CC1CCC(CO)CN1S(=O)(=O)c1cn(C)c(Cl)n1. The Kier molecular flexibility index (Phi) is 4.20. The lowest BCUT2D eigenvalue weighted by molar-refractivity contribution is 0.139. The lowest BCUT2D eigenvalue weighted by Crippen LogP contribution is -2.46. The first-order valence-corrected chi connectivity index (χ1v) is 7.99. The molecule has 8 heteroatoms. The molecule has 1 N–H and O–H groups in total. The topological polar surface area (TPSA) is 75.4 Å². The van der Waals surface area contributed by atoms with Crippen molar-refractivity contribution in [2.75, 3.05) is 13.2 Å². The monoisotopic (exact) mass is 307 g/mol. The maximum absolute atomic E-state index is 12.5. The number of sulfonamides is 1. The zero-order valence-electron chi connectivity index (χ0n) is 11.0. The van der Waals surface area contributed by atoms with E-state index in [2.05, 4.69) is 4.98 Å². The third-order valence-corrected chi connectivity index (χ3v) is 5.75. The number of hydrogen-bond acceptors (Lipinski definition) is 4. The first-order chi connectivity index (χ1) is 8.86. The Morgan fingerprint density at radius 2 is 2.21 bits per heavy atom. The summed E-state index contributed by atoms with van der Waals surface area (Å²) in [4.78, 5) is 3.88. The molecule has 1 aliphatic rings. The summed E-state index contributed by atoms with van der Waals surface area (Å²) in [5, 5.41) is 9.32. The van der Waals surface area contributed by atoms with E-state index in [1.165, 1.54) is 15.1 Å². The summed E-state index contributed by atoms with van der Waals surface area (Å²) in [6, 6.07) is -0.0893. The van der Waals surface area contributed by atoms with Crippen molar-refractivity contribution in [2.24, 2.45) is 13.0 Å². The summed E-state index contributed by atoms with van der Waals surface area (Å²) in [5.41, 5.74) is 0. The van der Waals surface area contributed by atoms with Gasteiger partial charge < -0.3 is 9.67 Å². The Bertz CT molecular complexity index is 538. The number of aromatic nitrogens is 2. The fraction of sp³-hybridized carbons (Fsp3) is 0.727. The van der Waals surface area contributed by atoms with E-state index in [0.717, 1.165) is 12.8 Å². The molecule has 2 unspecified atom stereocenters. The maximum Gasteiger partial charge on any atom is 0.262 e. The van der Waals surface area contributed by atoms with Crippen molar-refractivity contribution in [3.63, 3.8) is 0 Å². The first-order valence-electron chi connectivity index (χ1n) is 6.17. The van der Waals surface area contributed by atoms with Crippen LogP contribution in [0, 0.1) is 5.92 Å². The van der Waals surface area contributed by atoms with Gasteiger partial charge in [-0.3, -0.25) is 0 Å². The highest BCUT2D eigenvalue weighted by Gasteiger charge is 2.36. The highest BCUT2D eigenvalue weighted by molar-refractivity contribution is 7.89. The number of aliphatic hydroxyl groups is 1. The van der Waals surface area contributed by atoms with E-state index in [1.54, 1.807) is 7.05 Å². The van der Waals surface area contributed by atoms with E-state index in [-0.39, 0.29) is 28.9 Å². The quantitative estimate of drug-likeness (QED) is 0.898. The van der Waals surface area contributed by atoms with E-state index in [4.69, 9.17) is 11.6 Å². The third-order valence-electron chi connectivity index (χ3n) is 3.55. The zero-order chi connectivity index (χ0) is 14.2. The van der Waals surface area contributed by atoms with Crippen molar-refractivity contribution in [1.29, 1.82) is 0 Å². The second-order valence-electron chi connectivity index (χ2n) is 5.01. The maximum atomic E-state index is 12.5. The molecule has 0 aliphatic carbocycles. The lowest BCUT2D eigenvalue weighted by Gasteiger charge is -2.35. The standard InChI is InChI=1S/C11H18ClN3O3S/c1-8-3-4-9(7-16)5-15(8)19(17,18)10-6-14(2)11(12)13-10/h6,8-9,16H,3-5,7H2,1-2H3. The Balaban J connectivity index is 2.32. The normalized spacial score (nSPS) is 25.7.